The quantitative estimate of drug-likeness (QED) is 0.183. The Morgan fingerprint density at radius 1 is 0.547 bits per heavy atom. The molecule has 0 bridgehead atoms. The van der Waals surface area contributed by atoms with Crippen LogP contribution in [0.2, 0.25) is 0 Å². The first-order valence-electron chi connectivity index (χ1n) is 17.7. The Hall–Kier alpha value is -5.95. The molecule has 2 aliphatic heterocycles. The number of pyridine rings is 2. The molecule has 0 fully saturated rings. The van der Waals surface area contributed by atoms with Gasteiger partial charge in [-0.1, -0.05) is 115 Å². The van der Waals surface area contributed by atoms with Crippen molar-refractivity contribution < 1.29 is 13.2 Å². The molecule has 0 spiro atoms. The van der Waals surface area contributed by atoms with Crippen LogP contribution < -0.4 is 0 Å². The fraction of sp³-hybridized carbons (Fsp3) is 0.174. The molecule has 7 heteroatoms. The Kier molecular flexibility index (Phi) is 8.73. The smallest absolute Gasteiger partial charge is 0.277 e. The highest BCUT2D eigenvalue weighted by atomic mass is 19.4. The largest absolute Gasteiger partial charge is 0.391 e. The molecule has 0 radical (unpaired) electrons. The standard InChI is InChI=1S/C25H20N2.C21H17F3N2/c1-25(21-11-3-2-4-12-21)16-19-10-5-7-13-22(19)24(27-25)20-15-18-9-6-8-14-23(18)26-17-20;1-20(13-21(22,23)24)11-15-7-2-4-8-17(15)19(26-20)16-10-14-6-3-5-9-18(14)25-12-16/h2-15,17H,16H2,1H3;2-10,12H,11,13H2,1H3. The first-order chi connectivity index (χ1) is 25.6. The third-order valence-electron chi connectivity index (χ3n) is 10.1. The van der Waals surface area contributed by atoms with E-state index < -0.39 is 18.1 Å². The van der Waals surface area contributed by atoms with Crippen molar-refractivity contribution in [2.45, 2.75) is 50.4 Å². The summed E-state index contributed by atoms with van der Waals surface area (Å²) >= 11 is 0. The molecular weight excluding hydrogens is 666 g/mol. The van der Waals surface area contributed by atoms with Crippen molar-refractivity contribution in [1.29, 1.82) is 0 Å². The number of aliphatic imine (C=N–C) groups is 2. The molecule has 2 unspecified atom stereocenters. The summed E-state index contributed by atoms with van der Waals surface area (Å²) in [6, 6.07) is 46.8. The first-order valence-corrected chi connectivity index (χ1v) is 17.7. The topological polar surface area (TPSA) is 50.5 Å². The van der Waals surface area contributed by atoms with Gasteiger partial charge in [-0.15, -0.1) is 0 Å². The second-order valence-corrected chi connectivity index (χ2v) is 14.4. The second kappa shape index (κ2) is 13.6. The Morgan fingerprint density at radius 3 is 1.58 bits per heavy atom. The van der Waals surface area contributed by atoms with Crippen molar-refractivity contribution in [3.8, 4) is 0 Å². The highest BCUT2D eigenvalue weighted by Gasteiger charge is 2.42. The van der Waals surface area contributed by atoms with Crippen LogP contribution in [0.5, 0.6) is 0 Å². The first kappa shape index (κ1) is 34.2. The maximum Gasteiger partial charge on any atom is 0.391 e. The summed E-state index contributed by atoms with van der Waals surface area (Å²) in [5.74, 6) is 0. The van der Waals surface area contributed by atoms with Crippen LogP contribution in [-0.2, 0) is 18.4 Å². The zero-order valence-corrected chi connectivity index (χ0v) is 29.5. The minimum atomic E-state index is -4.27. The molecule has 2 aromatic heterocycles. The Morgan fingerprint density at radius 2 is 1.02 bits per heavy atom. The molecule has 4 nitrogen and oxygen atoms in total. The van der Waals surface area contributed by atoms with Crippen LogP contribution in [-0.4, -0.2) is 33.1 Å². The van der Waals surface area contributed by atoms with Gasteiger partial charge in [-0.25, -0.2) is 0 Å². The van der Waals surface area contributed by atoms with Crippen LogP contribution >= 0.6 is 0 Å². The van der Waals surface area contributed by atoms with Gasteiger partial charge in [0.15, 0.2) is 0 Å². The van der Waals surface area contributed by atoms with E-state index in [1.165, 1.54) is 16.7 Å². The predicted molar refractivity (Wildman–Crippen MR) is 208 cm³/mol. The molecule has 0 aliphatic carbocycles. The van der Waals surface area contributed by atoms with E-state index in [0.717, 1.165) is 56.2 Å². The highest BCUT2D eigenvalue weighted by molar-refractivity contribution is 6.16. The summed E-state index contributed by atoms with van der Waals surface area (Å²) < 4.78 is 39.4. The fourth-order valence-corrected chi connectivity index (χ4v) is 7.65. The molecule has 262 valence electrons. The average Bonchev–Trinajstić information content (AvgIpc) is 3.16. The molecule has 4 heterocycles. The summed E-state index contributed by atoms with van der Waals surface area (Å²) in [6.45, 7) is 3.80. The van der Waals surface area contributed by atoms with Crippen LogP contribution in [0.4, 0.5) is 13.2 Å². The van der Waals surface area contributed by atoms with E-state index in [-0.39, 0.29) is 12.0 Å². The van der Waals surface area contributed by atoms with Gasteiger partial charge in [-0.2, -0.15) is 13.2 Å². The second-order valence-electron chi connectivity index (χ2n) is 14.4. The average molecular weight is 703 g/mol. The van der Waals surface area contributed by atoms with Crippen molar-refractivity contribution in [3.63, 3.8) is 0 Å². The number of aromatic nitrogens is 2. The normalized spacial score (nSPS) is 19.3. The molecule has 5 aromatic carbocycles. The van der Waals surface area contributed by atoms with E-state index >= 15 is 0 Å². The van der Waals surface area contributed by atoms with Gasteiger partial charge in [-0.3, -0.25) is 20.0 Å². The number of hydrogen-bond acceptors (Lipinski definition) is 4. The summed E-state index contributed by atoms with van der Waals surface area (Å²) in [4.78, 5) is 19.0. The molecular formula is C46H37F3N4. The number of benzene rings is 5. The molecule has 2 aliphatic rings. The number of fused-ring (bicyclic) bond motifs is 4. The minimum absolute atomic E-state index is 0.271. The zero-order valence-electron chi connectivity index (χ0n) is 29.5. The SMILES string of the molecule is CC1(CC(F)(F)F)Cc2ccccc2C(c2cnc3ccccc3c2)=N1.CC1(c2ccccc2)Cc2ccccc2C(c2cnc3ccccc3c2)=N1. The molecule has 53 heavy (non-hydrogen) atoms. The number of halogens is 3. The van der Waals surface area contributed by atoms with E-state index in [1.807, 2.05) is 72.9 Å². The van der Waals surface area contributed by atoms with Gasteiger partial charge in [-0.05, 0) is 61.2 Å². The number of rotatable bonds is 4. The third-order valence-corrected chi connectivity index (χ3v) is 10.1. The summed E-state index contributed by atoms with van der Waals surface area (Å²) in [6.07, 6.45) is -0.396. The van der Waals surface area contributed by atoms with Gasteiger partial charge in [0.1, 0.15) is 0 Å². The van der Waals surface area contributed by atoms with Crippen molar-refractivity contribution in [2.24, 2.45) is 9.98 Å². The van der Waals surface area contributed by atoms with Crippen molar-refractivity contribution >= 4 is 33.2 Å². The minimum Gasteiger partial charge on any atom is -0.277 e. The number of alkyl halides is 3. The van der Waals surface area contributed by atoms with Gasteiger partial charge in [0.25, 0.3) is 0 Å². The molecule has 9 rings (SSSR count). The number of nitrogens with zero attached hydrogens (tertiary/aromatic N) is 4. The van der Waals surface area contributed by atoms with E-state index in [9.17, 15) is 13.2 Å². The van der Waals surface area contributed by atoms with Gasteiger partial charge >= 0.3 is 6.18 Å². The van der Waals surface area contributed by atoms with Gasteiger partial charge < -0.3 is 0 Å². The molecule has 0 N–H and O–H groups in total. The lowest BCUT2D eigenvalue weighted by molar-refractivity contribution is -0.145. The Bertz CT molecular complexity index is 2520. The van der Waals surface area contributed by atoms with Crippen molar-refractivity contribution in [3.05, 3.63) is 191 Å². The van der Waals surface area contributed by atoms with Crippen LogP contribution in [0.1, 0.15) is 59.2 Å². The zero-order chi connectivity index (χ0) is 36.6. The van der Waals surface area contributed by atoms with E-state index in [0.29, 0.717) is 5.71 Å². The Balaban J connectivity index is 0.000000151. The monoisotopic (exact) mass is 702 g/mol. The van der Waals surface area contributed by atoms with E-state index in [2.05, 4.69) is 94.7 Å². The molecule has 2 atom stereocenters. The summed E-state index contributed by atoms with van der Waals surface area (Å²) in [7, 11) is 0. The number of para-hydroxylation sites is 2. The third kappa shape index (κ3) is 7.12. The fourth-order valence-electron chi connectivity index (χ4n) is 7.65. The predicted octanol–water partition coefficient (Wildman–Crippen LogP) is 10.9. The summed E-state index contributed by atoms with van der Waals surface area (Å²) in [5, 5.41) is 2.08. The van der Waals surface area contributed by atoms with Crippen LogP contribution in [0, 0.1) is 0 Å². The lowest BCUT2D eigenvalue weighted by Gasteiger charge is -2.33. The van der Waals surface area contributed by atoms with Crippen molar-refractivity contribution in [2.75, 3.05) is 0 Å². The van der Waals surface area contributed by atoms with Gasteiger partial charge in [0, 0.05) is 51.8 Å². The van der Waals surface area contributed by atoms with E-state index in [1.54, 1.807) is 13.1 Å². The van der Waals surface area contributed by atoms with Crippen LogP contribution in [0.3, 0.4) is 0 Å². The van der Waals surface area contributed by atoms with E-state index in [4.69, 9.17) is 4.99 Å². The maximum atomic E-state index is 13.1. The number of hydrogen-bond donors (Lipinski definition) is 0. The van der Waals surface area contributed by atoms with Crippen LogP contribution in [0.25, 0.3) is 21.8 Å². The highest BCUT2D eigenvalue weighted by Crippen LogP contribution is 2.39. The lowest BCUT2D eigenvalue weighted by atomic mass is 9.80. The van der Waals surface area contributed by atoms with Crippen LogP contribution in [0.15, 0.2) is 162 Å². The van der Waals surface area contributed by atoms with Gasteiger partial charge in [0.2, 0.25) is 0 Å². The molecule has 0 amide bonds. The van der Waals surface area contributed by atoms with Gasteiger partial charge in [0.05, 0.1) is 40.0 Å². The molecule has 0 saturated heterocycles. The Labute approximate surface area is 306 Å². The molecule has 7 aromatic rings. The molecule has 0 saturated carbocycles. The maximum absolute atomic E-state index is 13.1. The lowest BCUT2D eigenvalue weighted by Crippen LogP contribution is -2.37. The summed E-state index contributed by atoms with van der Waals surface area (Å²) in [5.41, 5.74) is 9.34. The van der Waals surface area contributed by atoms with Crippen molar-refractivity contribution in [1.82, 2.24) is 9.97 Å².